The van der Waals surface area contributed by atoms with Crippen molar-refractivity contribution in [1.29, 1.82) is 0 Å². The van der Waals surface area contributed by atoms with Crippen molar-refractivity contribution in [2.75, 3.05) is 5.32 Å². The van der Waals surface area contributed by atoms with Crippen LogP contribution in [0.3, 0.4) is 0 Å². The Morgan fingerprint density at radius 3 is 2.94 bits per heavy atom. The summed E-state index contributed by atoms with van der Waals surface area (Å²) in [5.74, 6) is -0.389. The van der Waals surface area contributed by atoms with Gasteiger partial charge in [0, 0.05) is 6.20 Å². The summed E-state index contributed by atoms with van der Waals surface area (Å²) in [5.41, 5.74) is 1.70. The molecule has 3 N–H and O–H groups in total. The predicted molar refractivity (Wildman–Crippen MR) is 59.4 cm³/mol. The van der Waals surface area contributed by atoms with E-state index in [2.05, 4.69) is 15.5 Å². The minimum Gasteiger partial charge on any atom is -0.507 e. The molecular weight excluding hydrogens is 206 g/mol. The van der Waals surface area contributed by atoms with Crippen LogP contribution >= 0.6 is 0 Å². The van der Waals surface area contributed by atoms with Crippen molar-refractivity contribution >= 4 is 11.6 Å². The molecule has 0 aliphatic carbocycles. The Balaban J connectivity index is 2.21. The summed E-state index contributed by atoms with van der Waals surface area (Å²) in [6, 6.07) is 4.90. The van der Waals surface area contributed by atoms with Crippen LogP contribution in [-0.2, 0) is 0 Å². The molecule has 2 aromatic rings. The van der Waals surface area contributed by atoms with Crippen molar-refractivity contribution in [2.45, 2.75) is 6.92 Å². The molecule has 1 aromatic carbocycles. The van der Waals surface area contributed by atoms with E-state index in [1.807, 2.05) is 6.92 Å². The van der Waals surface area contributed by atoms with Crippen molar-refractivity contribution in [1.82, 2.24) is 10.2 Å². The van der Waals surface area contributed by atoms with Gasteiger partial charge in [0.2, 0.25) is 0 Å². The van der Waals surface area contributed by atoms with Gasteiger partial charge in [0.05, 0.1) is 17.4 Å². The lowest BCUT2D eigenvalue weighted by atomic mass is 10.1. The summed E-state index contributed by atoms with van der Waals surface area (Å²) in [7, 11) is 0. The number of H-pyrrole nitrogens is 1. The summed E-state index contributed by atoms with van der Waals surface area (Å²) >= 11 is 0. The van der Waals surface area contributed by atoms with E-state index in [0.29, 0.717) is 5.69 Å². The van der Waals surface area contributed by atoms with Crippen molar-refractivity contribution in [3.63, 3.8) is 0 Å². The lowest BCUT2D eigenvalue weighted by Crippen LogP contribution is -2.11. The van der Waals surface area contributed by atoms with Crippen LogP contribution in [0.5, 0.6) is 5.75 Å². The second-order valence-corrected chi connectivity index (χ2v) is 3.46. The van der Waals surface area contributed by atoms with Crippen LogP contribution in [0.25, 0.3) is 0 Å². The third-order valence-electron chi connectivity index (χ3n) is 2.15. The highest BCUT2D eigenvalue weighted by atomic mass is 16.3. The van der Waals surface area contributed by atoms with Gasteiger partial charge in [-0.25, -0.2) is 0 Å². The van der Waals surface area contributed by atoms with E-state index in [4.69, 9.17) is 0 Å². The Morgan fingerprint density at radius 2 is 2.31 bits per heavy atom. The van der Waals surface area contributed by atoms with Gasteiger partial charge in [0.25, 0.3) is 5.91 Å². The fourth-order valence-corrected chi connectivity index (χ4v) is 1.35. The number of carbonyl (C=O) groups excluding carboxylic acids is 1. The van der Waals surface area contributed by atoms with E-state index in [1.165, 1.54) is 6.20 Å². The van der Waals surface area contributed by atoms with Gasteiger partial charge in [-0.3, -0.25) is 9.89 Å². The van der Waals surface area contributed by atoms with E-state index < -0.39 is 0 Å². The molecule has 82 valence electrons. The molecule has 0 saturated heterocycles. The summed E-state index contributed by atoms with van der Waals surface area (Å²) in [4.78, 5) is 11.7. The monoisotopic (exact) mass is 217 g/mol. The Labute approximate surface area is 92.1 Å². The number of benzene rings is 1. The maximum atomic E-state index is 11.7. The van der Waals surface area contributed by atoms with Gasteiger partial charge in [-0.15, -0.1) is 0 Å². The van der Waals surface area contributed by atoms with Crippen molar-refractivity contribution in [2.24, 2.45) is 0 Å². The standard InChI is InChI=1S/C11H11N3O2/c1-7-2-3-9(10(15)4-7)11(16)14-8-5-12-13-6-8/h2-6,15H,1H3,(H,12,13)(H,14,16). The molecule has 0 aliphatic rings. The highest BCUT2D eigenvalue weighted by Gasteiger charge is 2.11. The minimum absolute atomic E-state index is 0.0269. The summed E-state index contributed by atoms with van der Waals surface area (Å²) in [6.07, 6.45) is 3.05. The first-order valence-corrected chi connectivity index (χ1v) is 4.76. The van der Waals surface area contributed by atoms with Crippen LogP contribution < -0.4 is 5.32 Å². The van der Waals surface area contributed by atoms with Gasteiger partial charge in [0.1, 0.15) is 5.75 Å². The number of aromatic hydroxyl groups is 1. The molecule has 1 heterocycles. The average molecular weight is 217 g/mol. The van der Waals surface area contributed by atoms with Crippen molar-refractivity contribution < 1.29 is 9.90 Å². The third-order valence-corrected chi connectivity index (χ3v) is 2.15. The fourth-order valence-electron chi connectivity index (χ4n) is 1.35. The summed E-state index contributed by atoms with van der Waals surface area (Å²) in [6.45, 7) is 1.84. The topological polar surface area (TPSA) is 78.0 Å². The number of nitrogens with one attached hydrogen (secondary N) is 2. The maximum absolute atomic E-state index is 11.7. The van der Waals surface area contributed by atoms with Crippen LogP contribution in [0.1, 0.15) is 15.9 Å². The molecule has 0 fully saturated rings. The first-order valence-electron chi connectivity index (χ1n) is 4.76. The first kappa shape index (κ1) is 10.2. The molecule has 0 bridgehead atoms. The number of rotatable bonds is 2. The van der Waals surface area contributed by atoms with Crippen LogP contribution in [0, 0.1) is 6.92 Å². The molecule has 0 aliphatic heterocycles. The number of aryl methyl sites for hydroxylation is 1. The molecule has 0 spiro atoms. The highest BCUT2D eigenvalue weighted by Crippen LogP contribution is 2.19. The molecule has 0 saturated carbocycles. The molecule has 0 unspecified atom stereocenters. The predicted octanol–water partition coefficient (Wildman–Crippen LogP) is 1.68. The number of carbonyl (C=O) groups is 1. The number of hydrogen-bond donors (Lipinski definition) is 3. The maximum Gasteiger partial charge on any atom is 0.259 e. The fraction of sp³-hybridized carbons (Fsp3) is 0.0909. The van der Waals surface area contributed by atoms with E-state index in [1.54, 1.807) is 24.4 Å². The Bertz CT molecular complexity index is 506. The quantitative estimate of drug-likeness (QED) is 0.716. The number of nitrogens with zero attached hydrogens (tertiary/aromatic N) is 1. The zero-order valence-electron chi connectivity index (χ0n) is 8.69. The zero-order chi connectivity index (χ0) is 11.5. The van der Waals surface area contributed by atoms with Gasteiger partial charge in [-0.2, -0.15) is 5.10 Å². The van der Waals surface area contributed by atoms with E-state index in [0.717, 1.165) is 5.56 Å². The molecule has 1 aromatic heterocycles. The number of phenolic OH excluding ortho intramolecular Hbond substituents is 1. The van der Waals surface area contributed by atoms with Crippen LogP contribution in [0.2, 0.25) is 0 Å². The summed E-state index contributed by atoms with van der Waals surface area (Å²) in [5, 5.41) is 18.5. The smallest absolute Gasteiger partial charge is 0.259 e. The zero-order valence-corrected chi connectivity index (χ0v) is 8.69. The first-order chi connectivity index (χ1) is 7.66. The number of amides is 1. The number of aromatic amines is 1. The summed E-state index contributed by atoms with van der Waals surface area (Å²) < 4.78 is 0. The lowest BCUT2D eigenvalue weighted by molar-refractivity contribution is 0.102. The van der Waals surface area contributed by atoms with Gasteiger partial charge < -0.3 is 10.4 Å². The van der Waals surface area contributed by atoms with Crippen LogP contribution in [0.15, 0.2) is 30.6 Å². The van der Waals surface area contributed by atoms with E-state index in [-0.39, 0.29) is 17.2 Å². The molecule has 0 radical (unpaired) electrons. The second-order valence-electron chi connectivity index (χ2n) is 3.46. The third kappa shape index (κ3) is 2.03. The lowest BCUT2D eigenvalue weighted by Gasteiger charge is -2.05. The van der Waals surface area contributed by atoms with Crippen LogP contribution in [0.4, 0.5) is 5.69 Å². The van der Waals surface area contributed by atoms with E-state index in [9.17, 15) is 9.90 Å². The highest BCUT2D eigenvalue weighted by molar-refractivity contribution is 6.06. The molecule has 5 nitrogen and oxygen atoms in total. The molecular formula is C11H11N3O2. The Hall–Kier alpha value is -2.30. The Morgan fingerprint density at radius 1 is 1.50 bits per heavy atom. The molecule has 16 heavy (non-hydrogen) atoms. The van der Waals surface area contributed by atoms with Gasteiger partial charge >= 0.3 is 0 Å². The number of anilines is 1. The average Bonchev–Trinajstić information content (AvgIpc) is 2.70. The normalized spacial score (nSPS) is 10.1. The van der Waals surface area contributed by atoms with Crippen LogP contribution in [-0.4, -0.2) is 21.2 Å². The number of phenols is 1. The second kappa shape index (κ2) is 4.06. The number of aromatic nitrogens is 2. The SMILES string of the molecule is Cc1ccc(C(=O)Nc2cn[nH]c2)c(O)c1. The molecule has 5 heteroatoms. The molecule has 1 amide bonds. The van der Waals surface area contributed by atoms with Crippen molar-refractivity contribution in [3.05, 3.63) is 41.7 Å². The number of hydrogen-bond acceptors (Lipinski definition) is 3. The van der Waals surface area contributed by atoms with Gasteiger partial charge in [-0.1, -0.05) is 6.07 Å². The largest absolute Gasteiger partial charge is 0.507 e. The van der Waals surface area contributed by atoms with Gasteiger partial charge in [0.15, 0.2) is 0 Å². The minimum atomic E-state index is -0.362. The Kier molecular flexibility index (Phi) is 2.59. The van der Waals surface area contributed by atoms with Gasteiger partial charge in [-0.05, 0) is 24.6 Å². The molecule has 2 rings (SSSR count). The molecule has 0 atom stereocenters. The van der Waals surface area contributed by atoms with E-state index >= 15 is 0 Å². The van der Waals surface area contributed by atoms with Crippen molar-refractivity contribution in [3.8, 4) is 5.75 Å².